The van der Waals surface area contributed by atoms with Crippen molar-refractivity contribution < 1.29 is 17.9 Å². The molecule has 0 aliphatic heterocycles. The number of hydrogen-bond donors (Lipinski definition) is 2. The Kier molecular flexibility index (Phi) is 5.59. The van der Waals surface area contributed by atoms with E-state index in [0.717, 1.165) is 0 Å². The quantitative estimate of drug-likeness (QED) is 0.763. The van der Waals surface area contributed by atoms with Crippen molar-refractivity contribution in [3.8, 4) is 5.75 Å². The van der Waals surface area contributed by atoms with Crippen LogP contribution in [0.1, 0.15) is 12.8 Å². The number of ether oxygens (including phenoxy) is 1. The van der Waals surface area contributed by atoms with E-state index in [0.29, 0.717) is 25.2 Å². The fourth-order valence-corrected chi connectivity index (χ4v) is 2.16. The van der Waals surface area contributed by atoms with Gasteiger partial charge >= 0.3 is 0 Å². The summed E-state index contributed by atoms with van der Waals surface area (Å²) in [6.07, 6.45) is 0.885. The lowest BCUT2D eigenvalue weighted by Gasteiger charge is -2.08. The van der Waals surface area contributed by atoms with E-state index in [1.165, 1.54) is 18.2 Å². The number of carbonyl (C=O) groups excluding carboxylic acids is 1. The van der Waals surface area contributed by atoms with E-state index < -0.39 is 10.0 Å². The van der Waals surface area contributed by atoms with Crippen molar-refractivity contribution >= 4 is 27.5 Å². The van der Waals surface area contributed by atoms with E-state index >= 15 is 0 Å². The number of halogens is 1. The maximum Gasteiger partial charge on any atom is 0.238 e. The molecule has 0 saturated heterocycles. The first-order valence-corrected chi connectivity index (χ1v) is 7.42. The molecule has 1 aromatic rings. The summed E-state index contributed by atoms with van der Waals surface area (Å²) >= 11 is 5.88. The van der Waals surface area contributed by atoms with Crippen LogP contribution >= 0.6 is 11.6 Å². The average Bonchev–Trinajstić information content (AvgIpc) is 2.34. The molecule has 1 rings (SSSR count). The normalized spacial score (nSPS) is 11.1. The number of sulfonamides is 1. The van der Waals surface area contributed by atoms with Crippen LogP contribution < -0.4 is 15.2 Å². The standard InChI is InChI=1S/C11H15ClN2O4S/c1-14-11(15)3-2-6-18-10-5-4-8(7-9(10)12)19(13,16)17/h4-5,7H,2-3,6H2,1H3,(H,14,15)(H2,13,16,17). The summed E-state index contributed by atoms with van der Waals surface area (Å²) in [6.45, 7) is 0.307. The fourth-order valence-electron chi connectivity index (χ4n) is 1.32. The Bertz CT molecular complexity index is 560. The van der Waals surface area contributed by atoms with E-state index in [1.54, 1.807) is 7.05 Å². The second-order valence-electron chi connectivity index (χ2n) is 3.76. The summed E-state index contributed by atoms with van der Waals surface area (Å²) in [5, 5.41) is 7.63. The summed E-state index contributed by atoms with van der Waals surface area (Å²) in [4.78, 5) is 10.9. The van der Waals surface area contributed by atoms with E-state index in [-0.39, 0.29) is 15.8 Å². The van der Waals surface area contributed by atoms with Gasteiger partial charge in [-0.1, -0.05) is 11.6 Å². The van der Waals surface area contributed by atoms with Crippen molar-refractivity contribution in [3.63, 3.8) is 0 Å². The molecule has 3 N–H and O–H groups in total. The molecule has 0 atom stereocenters. The molecule has 6 nitrogen and oxygen atoms in total. The van der Waals surface area contributed by atoms with E-state index in [1.807, 2.05) is 0 Å². The van der Waals surface area contributed by atoms with Gasteiger partial charge in [0.1, 0.15) is 5.75 Å². The second kappa shape index (κ2) is 6.74. The van der Waals surface area contributed by atoms with Gasteiger partial charge in [0.05, 0.1) is 16.5 Å². The first kappa shape index (κ1) is 15.7. The molecule has 0 bridgehead atoms. The zero-order chi connectivity index (χ0) is 14.5. The molecule has 0 unspecified atom stereocenters. The molecule has 0 heterocycles. The number of amides is 1. The van der Waals surface area contributed by atoms with Crippen LogP contribution in [-0.4, -0.2) is 28.0 Å². The summed E-state index contributed by atoms with van der Waals surface area (Å²) in [5.74, 6) is 0.283. The van der Waals surface area contributed by atoms with Crippen molar-refractivity contribution in [2.75, 3.05) is 13.7 Å². The number of benzene rings is 1. The Hall–Kier alpha value is -1.31. The van der Waals surface area contributed by atoms with E-state index in [4.69, 9.17) is 21.5 Å². The molecular formula is C11H15ClN2O4S. The highest BCUT2D eigenvalue weighted by molar-refractivity contribution is 7.89. The predicted octanol–water partition coefficient (Wildman–Crippen LogP) is 0.892. The van der Waals surface area contributed by atoms with Crippen molar-refractivity contribution in [2.24, 2.45) is 5.14 Å². The number of nitrogens with one attached hydrogen (secondary N) is 1. The fraction of sp³-hybridized carbons (Fsp3) is 0.364. The van der Waals surface area contributed by atoms with E-state index in [2.05, 4.69) is 5.32 Å². The first-order valence-electron chi connectivity index (χ1n) is 5.50. The minimum Gasteiger partial charge on any atom is -0.492 e. The molecule has 0 saturated carbocycles. The van der Waals surface area contributed by atoms with Gasteiger partial charge < -0.3 is 10.1 Å². The van der Waals surface area contributed by atoms with Gasteiger partial charge in [0, 0.05) is 13.5 Å². The Morgan fingerprint density at radius 2 is 2.16 bits per heavy atom. The lowest BCUT2D eigenvalue weighted by molar-refractivity contribution is -0.120. The number of hydrogen-bond acceptors (Lipinski definition) is 4. The number of rotatable bonds is 6. The third-order valence-corrected chi connectivity index (χ3v) is 3.52. The zero-order valence-corrected chi connectivity index (χ0v) is 11.9. The van der Waals surface area contributed by atoms with Crippen LogP contribution in [0.5, 0.6) is 5.75 Å². The van der Waals surface area contributed by atoms with Crippen LogP contribution in [-0.2, 0) is 14.8 Å². The molecule has 106 valence electrons. The van der Waals surface area contributed by atoms with Crippen molar-refractivity contribution in [1.82, 2.24) is 5.32 Å². The molecule has 1 amide bonds. The average molecular weight is 307 g/mol. The summed E-state index contributed by atoms with van der Waals surface area (Å²) < 4.78 is 27.5. The lowest BCUT2D eigenvalue weighted by atomic mass is 10.3. The minimum atomic E-state index is -3.77. The summed E-state index contributed by atoms with van der Waals surface area (Å²) in [6, 6.07) is 3.97. The Morgan fingerprint density at radius 1 is 1.47 bits per heavy atom. The zero-order valence-electron chi connectivity index (χ0n) is 10.3. The molecule has 1 aromatic carbocycles. The molecule has 8 heteroatoms. The molecule has 0 spiro atoms. The summed E-state index contributed by atoms with van der Waals surface area (Å²) in [5.41, 5.74) is 0. The van der Waals surface area contributed by atoms with E-state index in [9.17, 15) is 13.2 Å². The minimum absolute atomic E-state index is 0.0701. The molecule has 0 radical (unpaired) electrons. The topological polar surface area (TPSA) is 98.5 Å². The number of carbonyl (C=O) groups is 1. The molecule has 0 aliphatic carbocycles. The van der Waals surface area contributed by atoms with Crippen LogP contribution in [0.15, 0.2) is 23.1 Å². The van der Waals surface area contributed by atoms with Gasteiger partial charge in [-0.2, -0.15) is 0 Å². The smallest absolute Gasteiger partial charge is 0.238 e. The first-order chi connectivity index (χ1) is 8.84. The third kappa shape index (κ3) is 5.06. The summed E-state index contributed by atoms with van der Waals surface area (Å²) in [7, 11) is -2.21. The molecule has 0 aliphatic rings. The Balaban J connectivity index is 2.59. The van der Waals surface area contributed by atoms with Crippen LogP contribution in [0.4, 0.5) is 0 Å². The van der Waals surface area contributed by atoms with Crippen LogP contribution in [0, 0.1) is 0 Å². The largest absolute Gasteiger partial charge is 0.492 e. The van der Waals surface area contributed by atoms with Gasteiger partial charge in [0.15, 0.2) is 0 Å². The molecule has 0 fully saturated rings. The number of nitrogens with two attached hydrogens (primary N) is 1. The molecular weight excluding hydrogens is 292 g/mol. The highest BCUT2D eigenvalue weighted by atomic mass is 35.5. The van der Waals surface area contributed by atoms with Gasteiger partial charge in [-0.25, -0.2) is 13.6 Å². The van der Waals surface area contributed by atoms with Gasteiger partial charge in [0.2, 0.25) is 15.9 Å². The second-order valence-corrected chi connectivity index (χ2v) is 5.73. The highest BCUT2D eigenvalue weighted by Crippen LogP contribution is 2.27. The maximum atomic E-state index is 11.1. The Labute approximate surface area is 116 Å². The number of primary sulfonamides is 1. The van der Waals surface area contributed by atoms with Gasteiger partial charge in [-0.15, -0.1) is 0 Å². The van der Waals surface area contributed by atoms with Gasteiger partial charge in [0.25, 0.3) is 0 Å². The SMILES string of the molecule is CNC(=O)CCCOc1ccc(S(N)(=O)=O)cc1Cl. The van der Waals surface area contributed by atoms with Crippen LogP contribution in [0.25, 0.3) is 0 Å². The van der Waals surface area contributed by atoms with Crippen molar-refractivity contribution in [1.29, 1.82) is 0 Å². The van der Waals surface area contributed by atoms with Crippen molar-refractivity contribution in [2.45, 2.75) is 17.7 Å². The highest BCUT2D eigenvalue weighted by Gasteiger charge is 2.11. The third-order valence-electron chi connectivity index (χ3n) is 2.32. The molecule has 19 heavy (non-hydrogen) atoms. The van der Waals surface area contributed by atoms with Crippen molar-refractivity contribution in [3.05, 3.63) is 23.2 Å². The van der Waals surface area contributed by atoms with Gasteiger partial charge in [-0.05, 0) is 24.6 Å². The van der Waals surface area contributed by atoms with Crippen LogP contribution in [0.3, 0.4) is 0 Å². The van der Waals surface area contributed by atoms with Gasteiger partial charge in [-0.3, -0.25) is 4.79 Å². The monoisotopic (exact) mass is 306 g/mol. The lowest BCUT2D eigenvalue weighted by Crippen LogP contribution is -2.18. The maximum absolute atomic E-state index is 11.1. The Morgan fingerprint density at radius 3 is 2.68 bits per heavy atom. The predicted molar refractivity (Wildman–Crippen MR) is 71.6 cm³/mol. The molecule has 0 aromatic heterocycles. The van der Waals surface area contributed by atoms with Crippen LogP contribution in [0.2, 0.25) is 5.02 Å².